The summed E-state index contributed by atoms with van der Waals surface area (Å²) in [5.74, 6) is -0.563. The summed E-state index contributed by atoms with van der Waals surface area (Å²) in [6, 6.07) is 8.46. The van der Waals surface area contributed by atoms with E-state index in [0.29, 0.717) is 12.8 Å². The fraction of sp³-hybridized carbons (Fsp3) is 0.526. The van der Waals surface area contributed by atoms with E-state index < -0.39 is 5.91 Å². The lowest BCUT2D eigenvalue weighted by atomic mass is 9.72. The first-order valence-electron chi connectivity index (χ1n) is 7.78. The van der Waals surface area contributed by atoms with E-state index in [9.17, 15) is 4.79 Å². The summed E-state index contributed by atoms with van der Waals surface area (Å²) >= 11 is 0. The minimum Gasteiger partial charge on any atom is -0.515 e. The molecule has 3 heteroatoms. The van der Waals surface area contributed by atoms with Crippen molar-refractivity contribution in [3.8, 4) is 0 Å². The third-order valence-corrected chi connectivity index (χ3v) is 3.84. The van der Waals surface area contributed by atoms with Gasteiger partial charge in [0, 0.05) is 0 Å². The fourth-order valence-corrected chi connectivity index (χ4v) is 3.11. The van der Waals surface area contributed by atoms with E-state index in [2.05, 4.69) is 52.8 Å². The lowest BCUT2D eigenvalue weighted by Gasteiger charge is -2.33. The Kier molecular flexibility index (Phi) is 5.81. The Morgan fingerprint density at radius 2 is 1.86 bits per heavy atom. The van der Waals surface area contributed by atoms with Crippen LogP contribution in [0.3, 0.4) is 0 Å². The van der Waals surface area contributed by atoms with Crippen LogP contribution in [-0.4, -0.2) is 11.0 Å². The van der Waals surface area contributed by atoms with Crippen molar-refractivity contribution in [3.05, 3.63) is 47.2 Å². The maximum atomic E-state index is 11.1. The smallest absolute Gasteiger partial charge is 0.247 e. The Balaban J connectivity index is 2.88. The quantitative estimate of drug-likeness (QED) is 0.609. The van der Waals surface area contributed by atoms with Crippen LogP contribution in [0.4, 0.5) is 0 Å². The van der Waals surface area contributed by atoms with Crippen LogP contribution in [0.25, 0.3) is 0 Å². The number of nitrogens with two attached hydrogens (primary N) is 1. The van der Waals surface area contributed by atoms with E-state index in [0.717, 1.165) is 18.2 Å². The van der Waals surface area contributed by atoms with E-state index in [1.54, 1.807) is 0 Å². The number of carbonyl (C=O) groups excluding carboxylic acids is 1. The zero-order valence-corrected chi connectivity index (χ0v) is 14.4. The van der Waals surface area contributed by atoms with E-state index in [4.69, 9.17) is 10.8 Å². The molecular weight excluding hydrogens is 274 g/mol. The van der Waals surface area contributed by atoms with Crippen molar-refractivity contribution in [2.24, 2.45) is 11.1 Å². The van der Waals surface area contributed by atoms with Crippen molar-refractivity contribution in [3.63, 3.8) is 0 Å². The topological polar surface area (TPSA) is 63.3 Å². The van der Waals surface area contributed by atoms with Crippen LogP contribution < -0.4 is 5.73 Å². The van der Waals surface area contributed by atoms with Gasteiger partial charge in [0.2, 0.25) is 5.91 Å². The van der Waals surface area contributed by atoms with Gasteiger partial charge in [-0.3, -0.25) is 4.79 Å². The Labute approximate surface area is 134 Å². The van der Waals surface area contributed by atoms with Gasteiger partial charge < -0.3 is 10.8 Å². The molecule has 0 aliphatic carbocycles. The third-order valence-electron chi connectivity index (χ3n) is 3.84. The molecule has 1 rings (SSSR count). The van der Waals surface area contributed by atoms with Crippen molar-refractivity contribution in [2.75, 3.05) is 0 Å². The summed E-state index contributed by atoms with van der Waals surface area (Å²) < 4.78 is 0. The van der Waals surface area contributed by atoms with Gasteiger partial charge in [0.25, 0.3) is 0 Å². The highest BCUT2D eigenvalue weighted by Gasteiger charge is 2.27. The highest BCUT2D eigenvalue weighted by Crippen LogP contribution is 2.36. The summed E-state index contributed by atoms with van der Waals surface area (Å²) in [5, 5.41) is 9.02. The fourth-order valence-electron chi connectivity index (χ4n) is 3.11. The Bertz CT molecular complexity index is 551. The number of aryl methyl sites for hydroxylation is 1. The minimum absolute atomic E-state index is 0.0909. The molecule has 0 radical (unpaired) electrons. The first kappa shape index (κ1) is 18.3. The lowest BCUT2D eigenvalue weighted by Crippen LogP contribution is -2.24. The molecule has 3 N–H and O–H groups in total. The van der Waals surface area contributed by atoms with Gasteiger partial charge in [0.1, 0.15) is 0 Å². The average molecular weight is 303 g/mol. The molecule has 1 amide bonds. The molecule has 1 aromatic carbocycles. The standard InChI is InChI=1S/C19H29NO2/c1-18(2,3)13-19(4,5)16-8-6-7-14(11-16)9-10-15(12-21)17(20)22/h6-8,11-12,21H,9-10,13H2,1-5H3,(H2,20,22). The van der Waals surface area contributed by atoms with E-state index in [1.165, 1.54) is 5.56 Å². The van der Waals surface area contributed by atoms with Gasteiger partial charge in [-0.1, -0.05) is 58.9 Å². The van der Waals surface area contributed by atoms with Gasteiger partial charge in [-0.25, -0.2) is 0 Å². The molecule has 0 bridgehead atoms. The maximum absolute atomic E-state index is 11.1. The van der Waals surface area contributed by atoms with Gasteiger partial charge in [-0.05, 0) is 41.2 Å². The number of carbonyl (C=O) groups is 1. The summed E-state index contributed by atoms with van der Waals surface area (Å²) in [4.78, 5) is 11.1. The first-order valence-corrected chi connectivity index (χ1v) is 7.78. The molecule has 3 nitrogen and oxygen atoms in total. The molecule has 0 unspecified atom stereocenters. The van der Waals surface area contributed by atoms with Gasteiger partial charge in [-0.15, -0.1) is 0 Å². The number of hydrogen-bond acceptors (Lipinski definition) is 2. The predicted molar refractivity (Wildman–Crippen MR) is 91.8 cm³/mol. The van der Waals surface area contributed by atoms with Crippen LogP contribution in [-0.2, 0) is 16.6 Å². The lowest BCUT2D eigenvalue weighted by molar-refractivity contribution is -0.114. The summed E-state index contributed by atoms with van der Waals surface area (Å²) in [6.45, 7) is 11.3. The van der Waals surface area contributed by atoms with Crippen molar-refractivity contribution >= 4 is 5.91 Å². The van der Waals surface area contributed by atoms with Crippen molar-refractivity contribution in [1.82, 2.24) is 0 Å². The molecule has 0 heterocycles. The number of amides is 1. The molecule has 0 spiro atoms. The van der Waals surface area contributed by atoms with Gasteiger partial charge >= 0.3 is 0 Å². The zero-order chi connectivity index (χ0) is 17.0. The molecule has 0 aromatic heterocycles. The minimum atomic E-state index is -0.563. The van der Waals surface area contributed by atoms with Crippen molar-refractivity contribution in [1.29, 1.82) is 0 Å². The molecule has 0 aliphatic rings. The second-order valence-corrected chi connectivity index (χ2v) is 7.84. The Morgan fingerprint density at radius 3 is 2.36 bits per heavy atom. The SMILES string of the molecule is CC(C)(C)CC(C)(C)c1cccc(CCC(=CO)C(N)=O)c1. The number of rotatable bonds is 6. The highest BCUT2D eigenvalue weighted by atomic mass is 16.2. The molecule has 1 aromatic rings. The molecule has 0 fully saturated rings. The average Bonchev–Trinajstić information content (AvgIpc) is 2.36. The predicted octanol–water partition coefficient (Wildman–Crippen LogP) is 4.26. The number of aliphatic hydroxyl groups is 1. The molecule has 0 saturated heterocycles. The summed E-state index contributed by atoms with van der Waals surface area (Å²) in [6.07, 6.45) is 3.05. The number of primary amides is 1. The maximum Gasteiger partial charge on any atom is 0.247 e. The van der Waals surface area contributed by atoms with E-state index in [-0.39, 0.29) is 16.4 Å². The van der Waals surface area contributed by atoms with Crippen LogP contribution >= 0.6 is 0 Å². The molecule has 0 saturated carbocycles. The van der Waals surface area contributed by atoms with Crippen molar-refractivity contribution < 1.29 is 9.90 Å². The molecular formula is C19H29NO2. The van der Waals surface area contributed by atoms with E-state index >= 15 is 0 Å². The molecule has 22 heavy (non-hydrogen) atoms. The zero-order valence-electron chi connectivity index (χ0n) is 14.4. The molecule has 0 atom stereocenters. The van der Waals surface area contributed by atoms with Gasteiger partial charge in [-0.2, -0.15) is 0 Å². The Hall–Kier alpha value is -1.77. The van der Waals surface area contributed by atoms with Crippen LogP contribution in [0.5, 0.6) is 0 Å². The van der Waals surface area contributed by atoms with Gasteiger partial charge in [0.05, 0.1) is 11.8 Å². The van der Waals surface area contributed by atoms with Crippen LogP contribution in [0.2, 0.25) is 0 Å². The monoisotopic (exact) mass is 303 g/mol. The second-order valence-electron chi connectivity index (χ2n) is 7.84. The van der Waals surface area contributed by atoms with E-state index in [1.807, 2.05) is 6.07 Å². The third kappa shape index (κ3) is 5.55. The summed E-state index contributed by atoms with van der Waals surface area (Å²) in [7, 11) is 0. The summed E-state index contributed by atoms with van der Waals surface area (Å²) in [5.41, 5.74) is 8.28. The largest absolute Gasteiger partial charge is 0.515 e. The highest BCUT2D eigenvalue weighted by molar-refractivity contribution is 5.91. The first-order chi connectivity index (χ1) is 10.0. The number of aliphatic hydroxyl groups excluding tert-OH is 1. The molecule has 0 aliphatic heterocycles. The molecule has 122 valence electrons. The second kappa shape index (κ2) is 6.99. The van der Waals surface area contributed by atoms with Gasteiger partial charge in [0.15, 0.2) is 0 Å². The normalized spacial score (nSPS) is 13.2. The number of benzene rings is 1. The van der Waals surface area contributed by atoms with Crippen molar-refractivity contribution in [2.45, 2.75) is 59.3 Å². The Morgan fingerprint density at radius 1 is 1.23 bits per heavy atom. The van der Waals surface area contributed by atoms with Crippen LogP contribution in [0.15, 0.2) is 36.1 Å². The van der Waals surface area contributed by atoms with Crippen LogP contribution in [0, 0.1) is 5.41 Å². The van der Waals surface area contributed by atoms with Crippen LogP contribution in [0.1, 0.15) is 58.6 Å². The number of hydrogen-bond donors (Lipinski definition) is 2.